The molecule has 7 nitrogen and oxygen atoms in total. The molecule has 1 saturated carbocycles. The number of ether oxygens (including phenoxy) is 1. The average molecular weight is 772 g/mol. The van der Waals surface area contributed by atoms with E-state index < -0.39 is 17.7 Å². The first-order valence-electron chi connectivity index (χ1n) is 19.0. The van der Waals surface area contributed by atoms with Crippen LogP contribution in [-0.2, 0) is 4.79 Å². The van der Waals surface area contributed by atoms with E-state index in [9.17, 15) is 19.5 Å². The number of halogens is 3. The lowest BCUT2D eigenvalue weighted by molar-refractivity contribution is -0.120. The third kappa shape index (κ3) is 12.4. The highest BCUT2D eigenvalue weighted by Gasteiger charge is 2.38. The Labute approximate surface area is 324 Å². The van der Waals surface area contributed by atoms with Crippen LogP contribution in [0.5, 0.6) is 11.5 Å². The van der Waals surface area contributed by atoms with Gasteiger partial charge in [-0.15, -0.1) is 0 Å². The molecular formula is C42H53Cl3N2O5. The lowest BCUT2D eigenvalue weighted by Crippen LogP contribution is -2.30. The van der Waals surface area contributed by atoms with E-state index in [1.54, 1.807) is 12.1 Å². The summed E-state index contributed by atoms with van der Waals surface area (Å²) in [5.41, 5.74) is 1.03. The summed E-state index contributed by atoms with van der Waals surface area (Å²) in [4.78, 5) is 39.8. The molecule has 3 atom stereocenters. The van der Waals surface area contributed by atoms with Crippen molar-refractivity contribution >= 4 is 63.8 Å². The molecule has 1 aliphatic rings. The number of Topliss-reactive ketones (excluding diaryl/α,β-unsaturated/α-hetero) is 1. The van der Waals surface area contributed by atoms with Gasteiger partial charge in [-0.1, -0.05) is 119 Å². The fourth-order valence-electron chi connectivity index (χ4n) is 6.93. The molecular weight excluding hydrogens is 719 g/mol. The number of ketones is 1. The van der Waals surface area contributed by atoms with Crippen LogP contribution < -0.4 is 15.4 Å². The van der Waals surface area contributed by atoms with Gasteiger partial charge in [0, 0.05) is 29.0 Å². The summed E-state index contributed by atoms with van der Waals surface area (Å²) in [6.45, 7) is 5.17. The number of hydrogen-bond acceptors (Lipinski definition) is 5. The number of amides is 2. The number of anilines is 2. The monoisotopic (exact) mass is 770 g/mol. The van der Waals surface area contributed by atoms with Gasteiger partial charge in [0.25, 0.3) is 5.91 Å². The Balaban J connectivity index is 1.32. The van der Waals surface area contributed by atoms with Gasteiger partial charge in [0.05, 0.1) is 33.0 Å². The van der Waals surface area contributed by atoms with Crippen LogP contribution in [0.4, 0.5) is 11.4 Å². The van der Waals surface area contributed by atoms with E-state index >= 15 is 0 Å². The van der Waals surface area contributed by atoms with Gasteiger partial charge in [-0.25, -0.2) is 0 Å². The molecule has 2 amide bonds. The van der Waals surface area contributed by atoms with Crippen molar-refractivity contribution < 1.29 is 24.2 Å². The number of benzene rings is 3. The normalized spacial score (nSPS) is 16.0. The maximum atomic E-state index is 13.7. The molecule has 282 valence electrons. The van der Waals surface area contributed by atoms with Crippen molar-refractivity contribution in [3.63, 3.8) is 0 Å². The molecule has 0 bridgehead atoms. The summed E-state index contributed by atoms with van der Waals surface area (Å²) in [6.07, 6.45) is 17.0. The molecule has 0 spiro atoms. The molecule has 0 aliphatic heterocycles. The summed E-state index contributed by atoms with van der Waals surface area (Å²) in [5, 5.41) is 16.7. The molecule has 4 rings (SSSR count). The van der Waals surface area contributed by atoms with Crippen LogP contribution in [0, 0.1) is 17.8 Å². The second kappa shape index (κ2) is 21.4. The van der Waals surface area contributed by atoms with Gasteiger partial charge in [0.15, 0.2) is 5.78 Å². The van der Waals surface area contributed by atoms with Gasteiger partial charge in [0.2, 0.25) is 5.91 Å². The van der Waals surface area contributed by atoms with Gasteiger partial charge in [-0.3, -0.25) is 14.4 Å². The van der Waals surface area contributed by atoms with Crippen molar-refractivity contribution in [3.05, 3.63) is 80.8 Å². The maximum absolute atomic E-state index is 13.7. The van der Waals surface area contributed by atoms with Crippen LogP contribution in [0.25, 0.3) is 0 Å². The summed E-state index contributed by atoms with van der Waals surface area (Å²) in [7, 11) is 0. The molecule has 0 heterocycles. The molecule has 3 aromatic rings. The van der Waals surface area contributed by atoms with E-state index in [-0.39, 0.29) is 44.4 Å². The van der Waals surface area contributed by atoms with Crippen molar-refractivity contribution in [1.29, 1.82) is 0 Å². The Bertz CT molecular complexity index is 1630. The summed E-state index contributed by atoms with van der Waals surface area (Å²) < 4.78 is 6.25. The van der Waals surface area contributed by atoms with E-state index in [1.165, 1.54) is 107 Å². The van der Waals surface area contributed by atoms with E-state index in [0.29, 0.717) is 36.0 Å². The summed E-state index contributed by atoms with van der Waals surface area (Å²) in [6, 6.07) is 14.4. The number of phenols is 1. The van der Waals surface area contributed by atoms with Crippen LogP contribution in [-0.4, -0.2) is 29.3 Å². The number of aromatic hydroxyl groups is 1. The number of nitrogens with one attached hydrogen (secondary N) is 2. The SMILES string of the molecule is CCCCCCCCC(CCCCCC)COc1ccc(C(=O)C2CCCC2C(=O)Nc2cc(O)c(NC(=O)c3ccc(Cl)c(Cl)c3)cc2Cl)cc1. The quantitative estimate of drug-likeness (QED) is 0.0568. The lowest BCUT2D eigenvalue weighted by Gasteiger charge is -2.20. The predicted octanol–water partition coefficient (Wildman–Crippen LogP) is 12.6. The predicted molar refractivity (Wildman–Crippen MR) is 214 cm³/mol. The van der Waals surface area contributed by atoms with Crippen molar-refractivity contribution in [3.8, 4) is 11.5 Å². The van der Waals surface area contributed by atoms with Gasteiger partial charge >= 0.3 is 0 Å². The van der Waals surface area contributed by atoms with Crippen molar-refractivity contribution in [1.82, 2.24) is 0 Å². The van der Waals surface area contributed by atoms with Crippen molar-refractivity contribution in [2.24, 2.45) is 17.8 Å². The lowest BCUT2D eigenvalue weighted by atomic mass is 9.87. The number of phenolic OH excluding ortho intramolecular Hbond substituents is 1. The van der Waals surface area contributed by atoms with E-state index in [0.717, 1.165) is 12.2 Å². The topological polar surface area (TPSA) is 105 Å². The van der Waals surface area contributed by atoms with Crippen LogP contribution in [0.3, 0.4) is 0 Å². The molecule has 0 saturated heterocycles. The minimum absolute atomic E-state index is 0.0562. The number of carbonyl (C=O) groups excluding carboxylic acids is 3. The molecule has 3 unspecified atom stereocenters. The summed E-state index contributed by atoms with van der Waals surface area (Å²) in [5.74, 6) is -0.986. The third-order valence-electron chi connectivity index (χ3n) is 10.0. The Morgan fingerprint density at radius 1 is 0.712 bits per heavy atom. The largest absolute Gasteiger partial charge is 0.506 e. The Morgan fingerprint density at radius 2 is 1.33 bits per heavy atom. The third-order valence-corrected chi connectivity index (χ3v) is 11.1. The Morgan fingerprint density at radius 3 is 2.00 bits per heavy atom. The first kappa shape index (κ1) is 41.5. The van der Waals surface area contributed by atoms with E-state index in [1.807, 2.05) is 12.1 Å². The Kier molecular flexibility index (Phi) is 17.1. The molecule has 1 aliphatic carbocycles. The average Bonchev–Trinajstić information content (AvgIpc) is 3.63. The van der Waals surface area contributed by atoms with Gasteiger partial charge in [0.1, 0.15) is 11.5 Å². The molecule has 1 fully saturated rings. The zero-order valence-corrected chi connectivity index (χ0v) is 32.7. The first-order chi connectivity index (χ1) is 25.1. The molecule has 0 aromatic heterocycles. The number of unbranched alkanes of at least 4 members (excludes halogenated alkanes) is 8. The summed E-state index contributed by atoms with van der Waals surface area (Å²) >= 11 is 18.4. The number of carbonyl (C=O) groups is 3. The second-order valence-corrected chi connectivity index (χ2v) is 15.3. The molecule has 10 heteroatoms. The fourth-order valence-corrected chi connectivity index (χ4v) is 7.44. The maximum Gasteiger partial charge on any atom is 0.255 e. The fraction of sp³-hybridized carbons (Fsp3) is 0.500. The first-order valence-corrected chi connectivity index (χ1v) is 20.1. The highest BCUT2D eigenvalue weighted by Crippen LogP contribution is 2.38. The van der Waals surface area contributed by atoms with Crippen LogP contribution in [0.1, 0.15) is 131 Å². The van der Waals surface area contributed by atoms with Gasteiger partial charge < -0.3 is 20.5 Å². The molecule has 52 heavy (non-hydrogen) atoms. The van der Waals surface area contributed by atoms with E-state index in [4.69, 9.17) is 39.5 Å². The minimum Gasteiger partial charge on any atom is -0.506 e. The van der Waals surface area contributed by atoms with Gasteiger partial charge in [-0.05, 0) is 80.1 Å². The smallest absolute Gasteiger partial charge is 0.255 e. The van der Waals surface area contributed by atoms with Crippen LogP contribution in [0.15, 0.2) is 54.6 Å². The van der Waals surface area contributed by atoms with E-state index in [2.05, 4.69) is 24.5 Å². The molecule has 3 aromatic carbocycles. The number of hydrogen-bond donors (Lipinski definition) is 3. The Hall–Kier alpha value is -3.26. The molecule has 0 radical (unpaired) electrons. The van der Waals surface area contributed by atoms with Crippen LogP contribution in [0.2, 0.25) is 15.1 Å². The minimum atomic E-state index is -0.550. The highest BCUT2D eigenvalue weighted by atomic mass is 35.5. The highest BCUT2D eigenvalue weighted by molar-refractivity contribution is 6.42. The second-order valence-electron chi connectivity index (χ2n) is 14.0. The van der Waals surface area contributed by atoms with Crippen LogP contribution >= 0.6 is 34.8 Å². The van der Waals surface area contributed by atoms with Crippen molar-refractivity contribution in [2.75, 3.05) is 17.2 Å². The number of rotatable bonds is 21. The van der Waals surface area contributed by atoms with Crippen molar-refractivity contribution in [2.45, 2.75) is 110 Å². The zero-order chi connectivity index (χ0) is 37.5. The van der Waals surface area contributed by atoms with Gasteiger partial charge in [-0.2, -0.15) is 0 Å². The zero-order valence-electron chi connectivity index (χ0n) is 30.5. The standard InChI is InChI=1S/C42H53Cl3N2O5/c1-3-5-7-9-10-12-15-28(14-11-8-6-4-2)27-52-31-21-18-29(19-22-31)40(49)32-16-13-17-33(32)42(51)46-37-26-39(48)38(25-36(37)45)47-41(50)30-20-23-34(43)35(44)24-30/h18-26,28,32-33,48H,3-17,27H2,1-2H3,(H,46,51)(H,47,50). The molecule has 3 N–H and O–H groups in total.